The molecule has 98 valence electrons. The third-order valence-electron chi connectivity index (χ3n) is 3.25. The van der Waals surface area contributed by atoms with Gasteiger partial charge in [0.25, 0.3) is 0 Å². The first-order chi connectivity index (χ1) is 8.69. The number of fused-ring (bicyclic) bond motifs is 1. The molecule has 0 unspecified atom stereocenters. The minimum absolute atomic E-state index is 0.0985. The Balaban J connectivity index is 1.87. The molecule has 0 saturated heterocycles. The maximum Gasteiger partial charge on any atom is 0.228 e. The van der Waals surface area contributed by atoms with Gasteiger partial charge in [-0.15, -0.1) is 11.6 Å². The van der Waals surface area contributed by atoms with Crippen LogP contribution in [0.2, 0.25) is 0 Å². The standard InChI is InChI=1S/C14H19ClN2O/c1-17(7-2-6-15)8-5-11-3-4-13-12(9-11)10-14(18)16-13/h3-4,9H,2,5-8,10H2,1H3,(H,16,18). The third-order valence-corrected chi connectivity index (χ3v) is 3.52. The van der Waals surface area contributed by atoms with Crippen LogP contribution in [0.3, 0.4) is 0 Å². The molecule has 0 atom stereocenters. The minimum Gasteiger partial charge on any atom is -0.326 e. The number of anilines is 1. The highest BCUT2D eigenvalue weighted by atomic mass is 35.5. The van der Waals surface area contributed by atoms with Gasteiger partial charge in [0, 0.05) is 18.1 Å². The van der Waals surface area contributed by atoms with Crippen molar-refractivity contribution < 1.29 is 4.79 Å². The molecule has 1 aromatic rings. The molecule has 0 fully saturated rings. The van der Waals surface area contributed by atoms with E-state index in [1.165, 1.54) is 5.56 Å². The van der Waals surface area contributed by atoms with Crippen molar-refractivity contribution in [3.8, 4) is 0 Å². The second kappa shape index (κ2) is 6.21. The number of rotatable bonds is 6. The van der Waals surface area contributed by atoms with Crippen molar-refractivity contribution in [1.82, 2.24) is 4.90 Å². The minimum atomic E-state index is 0.0985. The monoisotopic (exact) mass is 266 g/mol. The number of carbonyl (C=O) groups excluding carboxylic acids is 1. The Morgan fingerprint density at radius 3 is 3.00 bits per heavy atom. The van der Waals surface area contributed by atoms with Crippen molar-refractivity contribution >= 4 is 23.2 Å². The first kappa shape index (κ1) is 13.4. The van der Waals surface area contributed by atoms with Crippen LogP contribution >= 0.6 is 11.6 Å². The molecule has 3 nitrogen and oxygen atoms in total. The Morgan fingerprint density at radius 2 is 2.22 bits per heavy atom. The molecule has 4 heteroatoms. The van der Waals surface area contributed by atoms with Crippen LogP contribution in [-0.4, -0.2) is 36.8 Å². The van der Waals surface area contributed by atoms with E-state index in [1.807, 2.05) is 6.07 Å². The lowest BCUT2D eigenvalue weighted by Gasteiger charge is -2.15. The number of halogens is 1. The second-order valence-corrected chi connectivity index (χ2v) is 5.19. The van der Waals surface area contributed by atoms with Gasteiger partial charge in [0.05, 0.1) is 6.42 Å². The predicted molar refractivity (Wildman–Crippen MR) is 75.3 cm³/mol. The Bertz CT molecular complexity index is 434. The lowest BCUT2D eigenvalue weighted by molar-refractivity contribution is -0.115. The summed E-state index contributed by atoms with van der Waals surface area (Å²) in [6.45, 7) is 2.06. The number of nitrogens with zero attached hydrogens (tertiary/aromatic N) is 1. The second-order valence-electron chi connectivity index (χ2n) is 4.81. The van der Waals surface area contributed by atoms with Crippen molar-refractivity contribution in [2.75, 3.05) is 31.3 Å². The van der Waals surface area contributed by atoms with Gasteiger partial charge in [-0.25, -0.2) is 0 Å². The van der Waals surface area contributed by atoms with E-state index >= 15 is 0 Å². The number of amides is 1. The average molecular weight is 267 g/mol. The lowest BCUT2D eigenvalue weighted by atomic mass is 10.1. The number of hydrogen-bond acceptors (Lipinski definition) is 2. The molecule has 1 aliphatic heterocycles. The summed E-state index contributed by atoms with van der Waals surface area (Å²) in [7, 11) is 2.12. The number of hydrogen-bond donors (Lipinski definition) is 1. The molecule has 1 amide bonds. The van der Waals surface area contributed by atoms with Gasteiger partial charge in [-0.2, -0.15) is 0 Å². The van der Waals surface area contributed by atoms with Crippen LogP contribution in [0.15, 0.2) is 18.2 Å². The van der Waals surface area contributed by atoms with Crippen molar-refractivity contribution in [2.24, 2.45) is 0 Å². The van der Waals surface area contributed by atoms with Gasteiger partial charge in [-0.05, 0) is 43.6 Å². The summed E-state index contributed by atoms with van der Waals surface area (Å²) in [5, 5.41) is 2.85. The van der Waals surface area contributed by atoms with Crippen LogP contribution in [0.4, 0.5) is 5.69 Å². The van der Waals surface area contributed by atoms with Gasteiger partial charge in [0.1, 0.15) is 0 Å². The van der Waals surface area contributed by atoms with Gasteiger partial charge < -0.3 is 10.2 Å². The van der Waals surface area contributed by atoms with Gasteiger partial charge in [-0.1, -0.05) is 12.1 Å². The van der Waals surface area contributed by atoms with Gasteiger partial charge >= 0.3 is 0 Å². The number of nitrogens with one attached hydrogen (secondary N) is 1. The summed E-state index contributed by atoms with van der Waals surface area (Å²) in [6, 6.07) is 6.25. The van der Waals surface area contributed by atoms with E-state index in [0.717, 1.165) is 43.1 Å². The van der Waals surface area contributed by atoms with Crippen molar-refractivity contribution in [2.45, 2.75) is 19.3 Å². The van der Waals surface area contributed by atoms with Crippen LogP contribution in [0.5, 0.6) is 0 Å². The number of carbonyl (C=O) groups is 1. The molecule has 0 spiro atoms. The van der Waals surface area contributed by atoms with Crippen LogP contribution in [0.1, 0.15) is 17.5 Å². The lowest BCUT2D eigenvalue weighted by Crippen LogP contribution is -2.22. The zero-order valence-corrected chi connectivity index (χ0v) is 11.5. The highest BCUT2D eigenvalue weighted by Crippen LogP contribution is 2.23. The molecule has 1 heterocycles. The normalized spacial score (nSPS) is 13.8. The van der Waals surface area contributed by atoms with Crippen LogP contribution < -0.4 is 5.32 Å². The highest BCUT2D eigenvalue weighted by molar-refractivity contribution is 6.17. The molecular formula is C14H19ClN2O. The third kappa shape index (κ3) is 3.47. The topological polar surface area (TPSA) is 32.3 Å². The van der Waals surface area contributed by atoms with E-state index in [0.29, 0.717) is 6.42 Å². The highest BCUT2D eigenvalue weighted by Gasteiger charge is 2.17. The molecule has 2 rings (SSSR count). The molecule has 0 bridgehead atoms. The van der Waals surface area contributed by atoms with E-state index in [1.54, 1.807) is 0 Å². The van der Waals surface area contributed by atoms with Gasteiger partial charge in [-0.3, -0.25) is 4.79 Å². The Morgan fingerprint density at radius 1 is 1.39 bits per heavy atom. The van der Waals surface area contributed by atoms with E-state index < -0.39 is 0 Å². The SMILES string of the molecule is CN(CCCCl)CCc1ccc2c(c1)CC(=O)N2. The van der Waals surface area contributed by atoms with Crippen LogP contribution in [0.25, 0.3) is 0 Å². The molecule has 1 N–H and O–H groups in total. The molecule has 0 saturated carbocycles. The zero-order chi connectivity index (χ0) is 13.0. The largest absolute Gasteiger partial charge is 0.326 e. The van der Waals surface area contributed by atoms with E-state index in [2.05, 4.69) is 29.4 Å². The fraction of sp³-hybridized carbons (Fsp3) is 0.500. The summed E-state index contributed by atoms with van der Waals surface area (Å²) < 4.78 is 0. The first-order valence-electron chi connectivity index (χ1n) is 6.35. The fourth-order valence-electron chi connectivity index (χ4n) is 2.20. The molecule has 0 radical (unpaired) electrons. The summed E-state index contributed by atoms with van der Waals surface area (Å²) in [6.07, 6.45) is 2.56. The summed E-state index contributed by atoms with van der Waals surface area (Å²) >= 11 is 5.67. The maximum absolute atomic E-state index is 11.3. The molecule has 0 aliphatic carbocycles. The van der Waals surface area contributed by atoms with Crippen molar-refractivity contribution in [3.63, 3.8) is 0 Å². The summed E-state index contributed by atoms with van der Waals surface area (Å²) in [4.78, 5) is 13.6. The van der Waals surface area contributed by atoms with Gasteiger partial charge in [0.15, 0.2) is 0 Å². The Kier molecular flexibility index (Phi) is 4.61. The summed E-state index contributed by atoms with van der Waals surface area (Å²) in [5.74, 6) is 0.818. The first-order valence-corrected chi connectivity index (χ1v) is 6.88. The summed E-state index contributed by atoms with van der Waals surface area (Å²) in [5.41, 5.74) is 3.39. The van der Waals surface area contributed by atoms with E-state index in [9.17, 15) is 4.79 Å². The number of alkyl halides is 1. The van der Waals surface area contributed by atoms with Crippen LogP contribution in [-0.2, 0) is 17.6 Å². The molecule has 18 heavy (non-hydrogen) atoms. The van der Waals surface area contributed by atoms with Gasteiger partial charge in [0.2, 0.25) is 5.91 Å². The number of benzene rings is 1. The molecule has 1 aliphatic rings. The predicted octanol–water partition coefficient (Wildman–Crippen LogP) is 2.28. The Labute approximate surface area is 113 Å². The zero-order valence-electron chi connectivity index (χ0n) is 10.7. The molecule has 1 aromatic carbocycles. The fourth-order valence-corrected chi connectivity index (χ4v) is 2.32. The smallest absolute Gasteiger partial charge is 0.228 e. The number of likely N-dealkylation sites (N-methyl/N-ethyl adjacent to an activating group) is 1. The van der Waals surface area contributed by atoms with Crippen molar-refractivity contribution in [1.29, 1.82) is 0 Å². The van der Waals surface area contributed by atoms with E-state index in [-0.39, 0.29) is 5.91 Å². The van der Waals surface area contributed by atoms with E-state index in [4.69, 9.17) is 11.6 Å². The molecular weight excluding hydrogens is 248 g/mol. The molecule has 0 aromatic heterocycles. The average Bonchev–Trinajstić information content (AvgIpc) is 2.73. The quantitative estimate of drug-likeness (QED) is 0.802. The Hall–Kier alpha value is -1.06. The maximum atomic E-state index is 11.3. The van der Waals surface area contributed by atoms with Crippen molar-refractivity contribution in [3.05, 3.63) is 29.3 Å². The van der Waals surface area contributed by atoms with Crippen LogP contribution in [0, 0.1) is 0 Å².